The number of fused-ring (bicyclic) bond motifs is 3. The van der Waals surface area contributed by atoms with E-state index in [9.17, 15) is 9.90 Å². The lowest BCUT2D eigenvalue weighted by atomic mass is 9.97. The second-order valence-corrected chi connectivity index (χ2v) is 6.59. The van der Waals surface area contributed by atoms with E-state index in [1.54, 1.807) is 0 Å². The van der Waals surface area contributed by atoms with Crippen LogP contribution in [-0.2, 0) is 0 Å². The third-order valence-corrected chi connectivity index (χ3v) is 4.86. The smallest absolute Gasteiger partial charge is 0.204 e. The van der Waals surface area contributed by atoms with E-state index in [0.717, 1.165) is 11.1 Å². The number of hydrogen-bond acceptors (Lipinski definition) is 4. The van der Waals surface area contributed by atoms with Crippen molar-refractivity contribution < 1.29 is 14.3 Å². The molecule has 5 rings (SSSR count). The molecule has 0 bridgehead atoms. The molecule has 0 fully saturated rings. The molecule has 4 aromatic rings. The minimum Gasteiger partial charge on any atom is -0.507 e. The number of hydrogen-bond donors (Lipinski definition) is 1. The van der Waals surface area contributed by atoms with Crippen LogP contribution < -0.4 is 10.2 Å². The first-order valence-electron chi connectivity index (χ1n) is 9.01. The van der Waals surface area contributed by atoms with Crippen molar-refractivity contribution in [2.75, 3.05) is 6.61 Å². The van der Waals surface area contributed by atoms with Crippen LogP contribution in [0.2, 0.25) is 0 Å². The van der Waals surface area contributed by atoms with Crippen LogP contribution in [0.3, 0.4) is 0 Å². The lowest BCUT2D eigenvalue weighted by molar-refractivity contribution is 0.355. The van der Waals surface area contributed by atoms with Crippen LogP contribution in [0, 0.1) is 0 Å². The molecule has 0 aliphatic carbocycles. The molecule has 1 aliphatic rings. The predicted molar refractivity (Wildman–Crippen MR) is 110 cm³/mol. The van der Waals surface area contributed by atoms with Gasteiger partial charge in [-0.3, -0.25) is 4.79 Å². The molecular weight excluding hydrogens is 352 g/mol. The van der Waals surface area contributed by atoms with Crippen LogP contribution >= 0.6 is 0 Å². The number of rotatable bonds is 2. The molecule has 0 saturated carbocycles. The van der Waals surface area contributed by atoms with Crippen molar-refractivity contribution >= 4 is 17.0 Å². The molecule has 1 aliphatic heterocycles. The zero-order valence-electron chi connectivity index (χ0n) is 14.9. The van der Waals surface area contributed by atoms with Gasteiger partial charge in [0, 0.05) is 11.6 Å². The Hall–Kier alpha value is -3.79. The van der Waals surface area contributed by atoms with Crippen LogP contribution in [0.1, 0.15) is 5.56 Å². The number of aromatic hydroxyl groups is 1. The maximum Gasteiger partial charge on any atom is 0.204 e. The highest BCUT2D eigenvalue weighted by atomic mass is 16.5. The molecule has 136 valence electrons. The van der Waals surface area contributed by atoms with Gasteiger partial charge in [0.25, 0.3) is 0 Å². The summed E-state index contributed by atoms with van der Waals surface area (Å²) in [6, 6.07) is 20.4. The fourth-order valence-electron chi connectivity index (χ4n) is 3.58. The average Bonchev–Trinajstić information content (AvgIpc) is 2.74. The van der Waals surface area contributed by atoms with Gasteiger partial charge >= 0.3 is 0 Å². The monoisotopic (exact) mass is 368 g/mol. The van der Waals surface area contributed by atoms with E-state index >= 15 is 0 Å². The summed E-state index contributed by atoms with van der Waals surface area (Å²) < 4.78 is 11.9. The number of phenols is 1. The maximum absolute atomic E-state index is 13.5. The van der Waals surface area contributed by atoms with Crippen molar-refractivity contribution in [2.24, 2.45) is 0 Å². The fourth-order valence-corrected chi connectivity index (χ4v) is 3.58. The van der Waals surface area contributed by atoms with Crippen LogP contribution in [0.15, 0.2) is 82.0 Å². The van der Waals surface area contributed by atoms with Gasteiger partial charge in [0.15, 0.2) is 5.58 Å². The molecule has 0 spiro atoms. The van der Waals surface area contributed by atoms with E-state index in [2.05, 4.69) is 0 Å². The summed E-state index contributed by atoms with van der Waals surface area (Å²) in [5.74, 6) is 0.827. The summed E-state index contributed by atoms with van der Waals surface area (Å²) in [4.78, 5) is 13.5. The van der Waals surface area contributed by atoms with Gasteiger partial charge in [-0.15, -0.1) is 0 Å². The fraction of sp³-hybridized carbons (Fsp3) is 0.0417. The first kappa shape index (κ1) is 16.4. The van der Waals surface area contributed by atoms with Gasteiger partial charge < -0.3 is 14.3 Å². The standard InChI is InChI=1S/C24H16O4/c25-18-14-19-17(12-7-13-27-19)24-21(18)22(26)20(15-8-3-1-4-9-15)23(28-24)16-10-5-2-6-11-16/h1-12,14,25H,13H2. The molecule has 2 heterocycles. The lowest BCUT2D eigenvalue weighted by Crippen LogP contribution is -2.10. The van der Waals surface area contributed by atoms with Gasteiger partial charge in [0.2, 0.25) is 5.43 Å². The SMILES string of the molecule is O=c1c(-c2ccccc2)c(-c2ccccc2)oc2c3c(cc(O)c12)OCC=C3. The molecule has 0 atom stereocenters. The highest BCUT2D eigenvalue weighted by molar-refractivity contribution is 5.98. The minimum atomic E-state index is -0.273. The Kier molecular flexibility index (Phi) is 3.76. The number of ether oxygens (including phenoxy) is 1. The van der Waals surface area contributed by atoms with E-state index in [1.807, 2.05) is 72.8 Å². The molecular formula is C24H16O4. The molecule has 0 amide bonds. The van der Waals surface area contributed by atoms with Gasteiger partial charge in [-0.2, -0.15) is 0 Å². The Morgan fingerprint density at radius 1 is 0.893 bits per heavy atom. The summed E-state index contributed by atoms with van der Waals surface area (Å²) in [5, 5.41) is 10.7. The van der Waals surface area contributed by atoms with Gasteiger partial charge in [0.05, 0.1) is 11.1 Å². The molecule has 1 aromatic heterocycles. The van der Waals surface area contributed by atoms with Crippen molar-refractivity contribution in [3.8, 4) is 33.9 Å². The molecule has 4 heteroatoms. The molecule has 0 radical (unpaired) electrons. The van der Waals surface area contributed by atoms with Gasteiger partial charge in [0.1, 0.15) is 29.3 Å². The number of phenolic OH excluding ortho intramolecular Hbond substituents is 1. The highest BCUT2D eigenvalue weighted by Gasteiger charge is 2.24. The Morgan fingerprint density at radius 3 is 2.29 bits per heavy atom. The van der Waals surface area contributed by atoms with Crippen molar-refractivity contribution in [3.05, 3.63) is 88.6 Å². The topological polar surface area (TPSA) is 59.7 Å². The van der Waals surface area contributed by atoms with Crippen molar-refractivity contribution in [1.29, 1.82) is 0 Å². The maximum atomic E-state index is 13.5. The Bertz CT molecular complexity index is 1270. The second kappa shape index (κ2) is 6.43. The highest BCUT2D eigenvalue weighted by Crippen LogP contribution is 2.40. The summed E-state index contributed by atoms with van der Waals surface area (Å²) in [5.41, 5.74) is 2.67. The summed E-state index contributed by atoms with van der Waals surface area (Å²) in [6.07, 6.45) is 3.71. The van der Waals surface area contributed by atoms with E-state index in [1.165, 1.54) is 6.07 Å². The zero-order valence-corrected chi connectivity index (χ0v) is 14.9. The van der Waals surface area contributed by atoms with E-state index in [-0.39, 0.29) is 16.6 Å². The van der Waals surface area contributed by atoms with Gasteiger partial charge in [-0.05, 0) is 17.7 Å². The van der Waals surface area contributed by atoms with Crippen LogP contribution in [0.5, 0.6) is 11.5 Å². The molecule has 1 N–H and O–H groups in total. The Labute approximate surface area is 161 Å². The first-order chi connectivity index (χ1) is 13.7. The first-order valence-corrected chi connectivity index (χ1v) is 9.01. The normalized spacial score (nSPS) is 12.6. The predicted octanol–water partition coefficient (Wildman–Crippen LogP) is 5.24. The summed E-state index contributed by atoms with van der Waals surface area (Å²) in [6.45, 7) is 0.413. The number of benzene rings is 3. The summed E-state index contributed by atoms with van der Waals surface area (Å²) in [7, 11) is 0. The minimum absolute atomic E-state index is 0.144. The zero-order chi connectivity index (χ0) is 19.1. The van der Waals surface area contributed by atoms with Gasteiger partial charge in [-0.25, -0.2) is 0 Å². The molecule has 28 heavy (non-hydrogen) atoms. The largest absolute Gasteiger partial charge is 0.507 e. The second-order valence-electron chi connectivity index (χ2n) is 6.59. The van der Waals surface area contributed by atoms with Crippen LogP contribution in [0.25, 0.3) is 39.5 Å². The average molecular weight is 368 g/mol. The van der Waals surface area contributed by atoms with E-state index < -0.39 is 0 Å². The third kappa shape index (κ3) is 2.50. The molecule has 4 nitrogen and oxygen atoms in total. The Morgan fingerprint density at radius 2 is 1.57 bits per heavy atom. The molecule has 0 unspecified atom stereocenters. The molecule has 0 saturated heterocycles. The van der Waals surface area contributed by atoms with Crippen molar-refractivity contribution in [2.45, 2.75) is 0 Å². The Balaban J connectivity index is 1.96. The van der Waals surface area contributed by atoms with Crippen molar-refractivity contribution in [3.63, 3.8) is 0 Å². The van der Waals surface area contributed by atoms with Gasteiger partial charge in [-0.1, -0.05) is 60.7 Å². The quantitative estimate of drug-likeness (QED) is 0.526. The van der Waals surface area contributed by atoms with E-state index in [0.29, 0.717) is 34.8 Å². The summed E-state index contributed by atoms with van der Waals surface area (Å²) >= 11 is 0. The lowest BCUT2D eigenvalue weighted by Gasteiger charge is -2.17. The molecule has 3 aromatic carbocycles. The van der Waals surface area contributed by atoms with E-state index in [4.69, 9.17) is 9.15 Å². The van der Waals surface area contributed by atoms with Crippen molar-refractivity contribution in [1.82, 2.24) is 0 Å². The van der Waals surface area contributed by atoms with Crippen LogP contribution in [-0.4, -0.2) is 11.7 Å². The third-order valence-electron chi connectivity index (χ3n) is 4.86. The van der Waals surface area contributed by atoms with Crippen LogP contribution in [0.4, 0.5) is 0 Å².